The molecule has 0 bridgehead atoms. The molecule has 1 aliphatic heterocycles. The number of carbonyl (C=O) groups excluding carboxylic acids is 1. The van der Waals surface area contributed by atoms with Crippen LogP contribution in [0.3, 0.4) is 0 Å². The average molecular weight is 607 g/mol. The third kappa shape index (κ3) is 5.40. The number of nitrogens with zero attached hydrogens (tertiary/aromatic N) is 3. The SMILES string of the molecule is CN1CCC(C(=O)Nc2nn(C(c3ccccc3)(c3ccccc3)c3ccccc3)c3ccc(-c4ccc(CO)cc4)cc23)CC1. The van der Waals surface area contributed by atoms with Gasteiger partial charge in [0.2, 0.25) is 5.91 Å². The van der Waals surface area contributed by atoms with Crippen LogP contribution in [0, 0.1) is 5.92 Å². The Balaban J connectivity index is 1.48. The average Bonchev–Trinajstić information content (AvgIpc) is 3.47. The summed E-state index contributed by atoms with van der Waals surface area (Å²) in [6.45, 7) is 1.81. The van der Waals surface area contributed by atoms with Crippen molar-refractivity contribution in [1.29, 1.82) is 0 Å². The second kappa shape index (κ2) is 12.8. The predicted molar refractivity (Wildman–Crippen MR) is 185 cm³/mol. The predicted octanol–water partition coefficient (Wildman–Crippen LogP) is 7.32. The van der Waals surface area contributed by atoms with E-state index in [-0.39, 0.29) is 18.4 Å². The molecule has 1 amide bonds. The molecule has 6 aromatic rings. The van der Waals surface area contributed by atoms with Crippen LogP contribution < -0.4 is 5.32 Å². The van der Waals surface area contributed by atoms with Crippen LogP contribution in [0.1, 0.15) is 35.1 Å². The molecule has 2 N–H and O–H groups in total. The van der Waals surface area contributed by atoms with Crippen LogP contribution in [0.15, 0.2) is 133 Å². The van der Waals surface area contributed by atoms with Crippen molar-refractivity contribution >= 4 is 22.6 Å². The number of benzene rings is 5. The van der Waals surface area contributed by atoms with E-state index in [9.17, 15) is 9.90 Å². The molecule has 0 atom stereocenters. The molecule has 1 aliphatic rings. The smallest absolute Gasteiger partial charge is 0.228 e. The van der Waals surface area contributed by atoms with Crippen molar-refractivity contribution in [3.8, 4) is 11.1 Å². The van der Waals surface area contributed by atoms with Gasteiger partial charge in [0, 0.05) is 11.3 Å². The minimum absolute atomic E-state index is 0.000234. The van der Waals surface area contributed by atoms with Gasteiger partial charge < -0.3 is 15.3 Å². The summed E-state index contributed by atoms with van der Waals surface area (Å²) in [5, 5.41) is 19.1. The summed E-state index contributed by atoms with van der Waals surface area (Å²) in [7, 11) is 2.11. The van der Waals surface area contributed by atoms with E-state index in [1.807, 2.05) is 42.5 Å². The molecule has 0 unspecified atom stereocenters. The molecule has 7 rings (SSSR count). The second-order valence-electron chi connectivity index (χ2n) is 12.2. The maximum absolute atomic E-state index is 13.8. The van der Waals surface area contributed by atoms with Crippen molar-refractivity contribution in [3.05, 3.63) is 156 Å². The number of carbonyl (C=O) groups is 1. The van der Waals surface area contributed by atoms with Crippen LogP contribution in [0.5, 0.6) is 0 Å². The van der Waals surface area contributed by atoms with Crippen LogP contribution >= 0.6 is 0 Å². The largest absolute Gasteiger partial charge is 0.392 e. The van der Waals surface area contributed by atoms with E-state index in [2.05, 4.69) is 113 Å². The van der Waals surface area contributed by atoms with Crippen molar-refractivity contribution in [2.45, 2.75) is 25.0 Å². The highest BCUT2D eigenvalue weighted by Crippen LogP contribution is 2.44. The minimum atomic E-state index is -0.831. The van der Waals surface area contributed by atoms with Gasteiger partial charge >= 0.3 is 0 Å². The first-order chi connectivity index (χ1) is 22.6. The normalized spacial score (nSPS) is 14.4. The number of nitrogens with one attached hydrogen (secondary N) is 1. The maximum Gasteiger partial charge on any atom is 0.228 e. The lowest BCUT2D eigenvalue weighted by Gasteiger charge is -2.37. The number of aliphatic hydroxyl groups is 1. The van der Waals surface area contributed by atoms with E-state index in [1.165, 1.54) is 0 Å². The Bertz CT molecular complexity index is 1830. The van der Waals surface area contributed by atoms with Crippen molar-refractivity contribution < 1.29 is 9.90 Å². The molecule has 0 saturated carbocycles. The van der Waals surface area contributed by atoms with Gasteiger partial charge in [-0.25, -0.2) is 4.68 Å². The summed E-state index contributed by atoms with van der Waals surface area (Å²) in [5.74, 6) is 0.509. The van der Waals surface area contributed by atoms with E-state index in [0.717, 1.165) is 70.2 Å². The molecule has 1 fully saturated rings. The van der Waals surface area contributed by atoms with Crippen molar-refractivity contribution in [3.63, 3.8) is 0 Å². The number of rotatable bonds is 8. The zero-order valence-electron chi connectivity index (χ0n) is 26.0. The topological polar surface area (TPSA) is 70.4 Å². The van der Waals surface area contributed by atoms with Crippen molar-refractivity contribution in [1.82, 2.24) is 14.7 Å². The van der Waals surface area contributed by atoms with Crippen molar-refractivity contribution in [2.24, 2.45) is 5.92 Å². The van der Waals surface area contributed by atoms with Gasteiger partial charge in [-0.3, -0.25) is 4.79 Å². The highest BCUT2D eigenvalue weighted by atomic mass is 16.3. The molecule has 2 heterocycles. The first-order valence-electron chi connectivity index (χ1n) is 16.0. The first kappa shape index (κ1) is 29.7. The van der Waals surface area contributed by atoms with Gasteiger partial charge in [-0.2, -0.15) is 5.10 Å². The van der Waals surface area contributed by atoms with Gasteiger partial charge in [0.1, 0.15) is 5.54 Å². The first-order valence-corrected chi connectivity index (χ1v) is 16.0. The Hall–Kier alpha value is -5.04. The molecule has 5 aromatic carbocycles. The molecule has 0 spiro atoms. The number of hydrogen-bond acceptors (Lipinski definition) is 4. The number of anilines is 1. The Morgan fingerprint density at radius 1 is 0.761 bits per heavy atom. The Morgan fingerprint density at radius 3 is 1.80 bits per heavy atom. The molecular formula is C40H38N4O2. The molecule has 6 heteroatoms. The van der Waals surface area contributed by atoms with Crippen LogP contribution in [-0.4, -0.2) is 45.8 Å². The number of aromatic nitrogens is 2. The summed E-state index contributed by atoms with van der Waals surface area (Å²) < 4.78 is 2.10. The lowest BCUT2D eigenvalue weighted by Crippen LogP contribution is -2.39. The summed E-state index contributed by atoms with van der Waals surface area (Å²) in [6, 6.07) is 45.7. The van der Waals surface area contributed by atoms with Crippen LogP contribution in [0.2, 0.25) is 0 Å². The molecule has 46 heavy (non-hydrogen) atoms. The summed E-state index contributed by atoms with van der Waals surface area (Å²) >= 11 is 0. The molecular weight excluding hydrogens is 568 g/mol. The van der Waals surface area contributed by atoms with Gasteiger partial charge in [0.25, 0.3) is 0 Å². The third-order valence-electron chi connectivity index (χ3n) is 9.37. The summed E-state index contributed by atoms with van der Waals surface area (Å²) in [4.78, 5) is 16.1. The van der Waals surface area contributed by atoms with E-state index >= 15 is 0 Å². The highest BCUT2D eigenvalue weighted by molar-refractivity contribution is 6.02. The van der Waals surface area contributed by atoms with Gasteiger partial charge in [-0.1, -0.05) is 121 Å². The van der Waals surface area contributed by atoms with E-state index < -0.39 is 5.54 Å². The minimum Gasteiger partial charge on any atom is -0.392 e. The molecule has 0 radical (unpaired) electrons. The summed E-state index contributed by atoms with van der Waals surface area (Å²) in [6.07, 6.45) is 1.65. The van der Waals surface area contributed by atoms with Crippen molar-refractivity contribution in [2.75, 3.05) is 25.5 Å². The zero-order chi connectivity index (χ0) is 31.5. The molecule has 1 aromatic heterocycles. The number of hydrogen-bond donors (Lipinski definition) is 2. The van der Waals surface area contributed by atoms with Gasteiger partial charge in [-0.15, -0.1) is 0 Å². The number of likely N-dealkylation sites (tertiary alicyclic amines) is 1. The Labute approximate surface area is 269 Å². The highest BCUT2D eigenvalue weighted by Gasteiger charge is 2.41. The van der Waals surface area contributed by atoms with Gasteiger partial charge in [-0.05, 0) is 78.5 Å². The number of amides is 1. The Kier molecular flexibility index (Phi) is 8.22. The van der Waals surface area contributed by atoms with E-state index in [0.29, 0.717) is 5.82 Å². The maximum atomic E-state index is 13.8. The van der Waals surface area contributed by atoms with E-state index in [4.69, 9.17) is 5.10 Å². The Morgan fingerprint density at radius 2 is 1.28 bits per heavy atom. The van der Waals surface area contributed by atoms with Gasteiger partial charge in [0.15, 0.2) is 5.82 Å². The lowest BCUT2D eigenvalue weighted by atomic mass is 9.77. The molecule has 6 nitrogen and oxygen atoms in total. The number of aliphatic hydroxyl groups excluding tert-OH is 1. The monoisotopic (exact) mass is 606 g/mol. The van der Waals surface area contributed by atoms with Crippen LogP contribution in [0.4, 0.5) is 5.82 Å². The quantitative estimate of drug-likeness (QED) is 0.178. The van der Waals surface area contributed by atoms with E-state index in [1.54, 1.807) is 0 Å². The zero-order valence-corrected chi connectivity index (χ0v) is 26.0. The molecule has 0 aliphatic carbocycles. The van der Waals surface area contributed by atoms with Crippen LogP contribution in [-0.2, 0) is 16.9 Å². The molecule has 1 saturated heterocycles. The second-order valence-corrected chi connectivity index (χ2v) is 12.2. The molecule has 230 valence electrons. The fourth-order valence-electron chi connectivity index (χ4n) is 6.84. The number of fused-ring (bicyclic) bond motifs is 1. The number of piperidine rings is 1. The fourth-order valence-corrected chi connectivity index (χ4v) is 6.84. The summed E-state index contributed by atoms with van der Waals surface area (Å²) in [5.41, 5.74) is 6.17. The van der Waals surface area contributed by atoms with Crippen LogP contribution in [0.25, 0.3) is 22.0 Å². The standard InChI is InChI=1S/C40H38N4O2/c1-43-25-23-31(24-26-43)39(46)41-38-36-27-32(30-19-17-29(28-45)18-20-30)21-22-37(36)44(42-38)40(33-11-5-2-6-12-33,34-13-7-3-8-14-34)35-15-9-4-10-16-35/h2-22,27,31,45H,23-26,28H2,1H3,(H,41,42,46). The third-order valence-corrected chi connectivity index (χ3v) is 9.37. The lowest BCUT2D eigenvalue weighted by molar-refractivity contribution is -0.121. The van der Waals surface area contributed by atoms with Gasteiger partial charge in [0.05, 0.1) is 12.1 Å². The fraction of sp³-hybridized carbons (Fsp3) is 0.200.